The van der Waals surface area contributed by atoms with Crippen LogP contribution in [0.15, 0.2) is 42.5 Å². The van der Waals surface area contributed by atoms with Crippen LogP contribution in [0.3, 0.4) is 0 Å². The zero-order valence-electron chi connectivity index (χ0n) is 13.9. The number of halogens is 1. The van der Waals surface area contributed by atoms with Crippen molar-refractivity contribution in [2.45, 2.75) is 32.5 Å². The number of hydrogen-bond donors (Lipinski definition) is 1. The molecule has 2 aromatic rings. The lowest BCUT2D eigenvalue weighted by atomic mass is 10.1. The highest BCUT2D eigenvalue weighted by atomic mass is 19.1. The first-order valence-corrected chi connectivity index (χ1v) is 8.06. The van der Waals surface area contributed by atoms with E-state index in [-0.39, 0.29) is 17.3 Å². The molecule has 0 fully saturated rings. The van der Waals surface area contributed by atoms with Crippen molar-refractivity contribution in [2.75, 3.05) is 5.32 Å². The first kappa shape index (κ1) is 17.0. The van der Waals surface area contributed by atoms with E-state index in [1.165, 1.54) is 12.1 Å². The van der Waals surface area contributed by atoms with Gasteiger partial charge in [-0.1, -0.05) is 25.1 Å². The van der Waals surface area contributed by atoms with Gasteiger partial charge in [-0.15, -0.1) is 0 Å². The molecule has 1 N–H and O–H groups in total. The Hall–Kier alpha value is -2.89. The molecule has 130 valence electrons. The summed E-state index contributed by atoms with van der Waals surface area (Å²) >= 11 is 0. The van der Waals surface area contributed by atoms with Crippen LogP contribution in [0.2, 0.25) is 0 Å². The number of nitrogens with one attached hydrogen (secondary N) is 1. The number of fused-ring (bicyclic) bond motifs is 1. The molecule has 0 bridgehead atoms. The van der Waals surface area contributed by atoms with Crippen molar-refractivity contribution < 1.29 is 23.5 Å². The van der Waals surface area contributed by atoms with E-state index in [2.05, 4.69) is 5.32 Å². The molecule has 3 rings (SSSR count). The summed E-state index contributed by atoms with van der Waals surface area (Å²) in [5.74, 6) is -0.874. The lowest BCUT2D eigenvalue weighted by Crippen LogP contribution is -2.35. The lowest BCUT2D eigenvalue weighted by Gasteiger charge is -2.25. The van der Waals surface area contributed by atoms with Gasteiger partial charge in [-0.05, 0) is 43.2 Å². The average molecular weight is 343 g/mol. The van der Waals surface area contributed by atoms with Gasteiger partial charge in [-0.3, -0.25) is 4.79 Å². The fourth-order valence-corrected chi connectivity index (χ4v) is 2.65. The normalized spacial score (nSPS) is 17.1. The molecule has 0 saturated heterocycles. The predicted octanol–water partition coefficient (Wildman–Crippen LogP) is 3.85. The Bertz CT molecular complexity index is 804. The van der Waals surface area contributed by atoms with Gasteiger partial charge in [0.2, 0.25) is 0 Å². The molecule has 1 aliphatic rings. The zero-order valence-corrected chi connectivity index (χ0v) is 13.9. The first-order chi connectivity index (χ1) is 12.0. The number of amides is 1. The molecule has 1 amide bonds. The Labute approximate surface area is 144 Å². The van der Waals surface area contributed by atoms with Gasteiger partial charge in [-0.25, -0.2) is 9.18 Å². The van der Waals surface area contributed by atoms with Gasteiger partial charge in [0.1, 0.15) is 17.5 Å². The van der Waals surface area contributed by atoms with Gasteiger partial charge in [0, 0.05) is 0 Å². The molecular weight excluding hydrogens is 325 g/mol. The number of hydrogen-bond acceptors (Lipinski definition) is 4. The van der Waals surface area contributed by atoms with E-state index in [9.17, 15) is 14.0 Å². The molecule has 2 atom stereocenters. The summed E-state index contributed by atoms with van der Waals surface area (Å²) in [6, 6.07) is 10.7. The highest BCUT2D eigenvalue weighted by Gasteiger charge is 2.29. The number of ether oxygens (including phenoxy) is 2. The molecule has 1 heterocycles. The molecule has 6 heteroatoms. The second-order valence-corrected chi connectivity index (χ2v) is 5.79. The van der Waals surface area contributed by atoms with E-state index >= 15 is 0 Å². The van der Waals surface area contributed by atoms with Gasteiger partial charge >= 0.3 is 5.97 Å². The van der Waals surface area contributed by atoms with Crippen molar-refractivity contribution >= 4 is 17.6 Å². The Morgan fingerprint density at radius 2 is 2.00 bits per heavy atom. The number of para-hydroxylation sites is 1. The SMILES string of the molecule is CC[C@@H](OC(=O)c1cccc2c1O[C@@H](C)C(=O)N2)c1ccc(F)cc1. The maximum absolute atomic E-state index is 13.1. The van der Waals surface area contributed by atoms with Crippen LogP contribution in [0.1, 0.15) is 42.3 Å². The molecule has 0 spiro atoms. The van der Waals surface area contributed by atoms with E-state index in [4.69, 9.17) is 9.47 Å². The fourth-order valence-electron chi connectivity index (χ4n) is 2.65. The van der Waals surface area contributed by atoms with Crippen LogP contribution in [-0.4, -0.2) is 18.0 Å². The van der Waals surface area contributed by atoms with Crippen molar-refractivity contribution in [3.63, 3.8) is 0 Å². The average Bonchev–Trinajstić information content (AvgIpc) is 2.61. The van der Waals surface area contributed by atoms with Crippen LogP contribution >= 0.6 is 0 Å². The molecule has 0 aromatic heterocycles. The summed E-state index contributed by atoms with van der Waals surface area (Å²) < 4.78 is 24.2. The number of rotatable bonds is 4. The number of benzene rings is 2. The molecular formula is C19H18FNO4. The number of carbonyl (C=O) groups excluding carboxylic acids is 2. The monoisotopic (exact) mass is 343 g/mol. The Balaban J connectivity index is 1.85. The van der Waals surface area contributed by atoms with Crippen LogP contribution < -0.4 is 10.1 Å². The molecule has 25 heavy (non-hydrogen) atoms. The summed E-state index contributed by atoms with van der Waals surface area (Å²) in [6.45, 7) is 3.48. The van der Waals surface area contributed by atoms with Crippen molar-refractivity contribution in [3.05, 3.63) is 59.4 Å². The van der Waals surface area contributed by atoms with Crippen LogP contribution in [0, 0.1) is 5.82 Å². The van der Waals surface area contributed by atoms with E-state index in [0.29, 0.717) is 23.4 Å². The molecule has 2 aromatic carbocycles. The summed E-state index contributed by atoms with van der Waals surface area (Å²) in [6.07, 6.45) is -0.652. The maximum Gasteiger partial charge on any atom is 0.342 e. The third-order valence-electron chi connectivity index (χ3n) is 4.02. The van der Waals surface area contributed by atoms with Gasteiger partial charge in [0.15, 0.2) is 11.9 Å². The predicted molar refractivity (Wildman–Crippen MR) is 90.0 cm³/mol. The van der Waals surface area contributed by atoms with Gasteiger partial charge in [0.05, 0.1) is 5.69 Å². The third kappa shape index (κ3) is 3.47. The molecule has 1 aliphatic heterocycles. The summed E-state index contributed by atoms with van der Waals surface area (Å²) in [7, 11) is 0. The van der Waals surface area contributed by atoms with Crippen molar-refractivity contribution in [3.8, 4) is 5.75 Å². The largest absolute Gasteiger partial charge is 0.478 e. The fraction of sp³-hybridized carbons (Fsp3) is 0.263. The zero-order chi connectivity index (χ0) is 18.0. The second-order valence-electron chi connectivity index (χ2n) is 5.79. The minimum atomic E-state index is -0.694. The number of esters is 1. The molecule has 0 aliphatic carbocycles. The Kier molecular flexibility index (Phi) is 4.70. The molecule has 0 radical (unpaired) electrons. The number of carbonyl (C=O) groups is 2. The van der Waals surface area contributed by atoms with Gasteiger partial charge < -0.3 is 14.8 Å². The smallest absolute Gasteiger partial charge is 0.342 e. The standard InChI is InChI=1S/C19H18FNO4/c1-3-16(12-7-9-13(20)10-8-12)25-19(23)14-5-4-6-15-17(14)24-11(2)18(22)21-15/h4-11,16H,3H2,1-2H3,(H,21,22)/t11-,16+/m0/s1. The first-order valence-electron chi connectivity index (χ1n) is 8.06. The second kappa shape index (κ2) is 6.93. The highest BCUT2D eigenvalue weighted by Crippen LogP contribution is 2.35. The summed E-state index contributed by atoms with van der Waals surface area (Å²) in [4.78, 5) is 24.3. The minimum absolute atomic E-state index is 0.241. The quantitative estimate of drug-likeness (QED) is 0.857. The summed E-state index contributed by atoms with van der Waals surface area (Å²) in [5, 5.41) is 2.70. The minimum Gasteiger partial charge on any atom is -0.478 e. The van der Waals surface area contributed by atoms with Crippen molar-refractivity contribution in [2.24, 2.45) is 0 Å². The van der Waals surface area contributed by atoms with Crippen LogP contribution in [0.5, 0.6) is 5.75 Å². The van der Waals surface area contributed by atoms with E-state index in [1.807, 2.05) is 6.92 Å². The van der Waals surface area contributed by atoms with Crippen LogP contribution in [-0.2, 0) is 9.53 Å². The van der Waals surface area contributed by atoms with E-state index < -0.39 is 18.2 Å². The van der Waals surface area contributed by atoms with Gasteiger partial charge in [0.25, 0.3) is 5.91 Å². The van der Waals surface area contributed by atoms with E-state index in [1.54, 1.807) is 37.3 Å². The highest BCUT2D eigenvalue weighted by molar-refractivity contribution is 6.02. The van der Waals surface area contributed by atoms with Crippen molar-refractivity contribution in [1.29, 1.82) is 0 Å². The Morgan fingerprint density at radius 3 is 2.68 bits per heavy atom. The van der Waals surface area contributed by atoms with Crippen molar-refractivity contribution in [1.82, 2.24) is 0 Å². The van der Waals surface area contributed by atoms with Crippen LogP contribution in [0.25, 0.3) is 0 Å². The van der Waals surface area contributed by atoms with Gasteiger partial charge in [-0.2, -0.15) is 0 Å². The molecule has 0 unspecified atom stereocenters. The topological polar surface area (TPSA) is 64.6 Å². The van der Waals surface area contributed by atoms with Crippen LogP contribution in [0.4, 0.5) is 10.1 Å². The molecule has 5 nitrogen and oxygen atoms in total. The Morgan fingerprint density at radius 1 is 1.28 bits per heavy atom. The maximum atomic E-state index is 13.1. The molecule has 0 saturated carbocycles. The third-order valence-corrected chi connectivity index (χ3v) is 4.02. The summed E-state index contributed by atoms with van der Waals surface area (Å²) in [5.41, 5.74) is 1.39. The lowest BCUT2D eigenvalue weighted by molar-refractivity contribution is -0.122. The number of anilines is 1. The van der Waals surface area contributed by atoms with E-state index in [0.717, 1.165) is 0 Å².